The fourth-order valence-electron chi connectivity index (χ4n) is 0.944. The first-order chi connectivity index (χ1) is 7.11. The Hall–Kier alpha value is -1.75. The highest BCUT2D eigenvalue weighted by Crippen LogP contribution is 2.17. The van der Waals surface area contributed by atoms with Crippen LogP contribution in [0.5, 0.6) is 11.5 Å². The first-order valence-corrected chi connectivity index (χ1v) is 4.59. The van der Waals surface area contributed by atoms with Crippen molar-refractivity contribution in [3.05, 3.63) is 24.3 Å². The molecule has 1 unspecified atom stereocenters. The Labute approximate surface area is 87.9 Å². The highest BCUT2D eigenvalue weighted by atomic mass is 16.6. The largest absolute Gasteiger partial charge is 0.508 e. The molecule has 15 heavy (non-hydrogen) atoms. The van der Waals surface area contributed by atoms with Crippen molar-refractivity contribution in [1.29, 1.82) is 0 Å². The van der Waals surface area contributed by atoms with Crippen LogP contribution < -0.4 is 15.8 Å². The van der Waals surface area contributed by atoms with Crippen molar-refractivity contribution in [3.8, 4) is 11.5 Å². The van der Waals surface area contributed by atoms with Gasteiger partial charge < -0.3 is 20.9 Å². The second-order valence-electron chi connectivity index (χ2n) is 3.17. The Balaban J connectivity index is 2.51. The van der Waals surface area contributed by atoms with Gasteiger partial charge >= 0.3 is 6.09 Å². The summed E-state index contributed by atoms with van der Waals surface area (Å²) >= 11 is 0. The van der Waals surface area contributed by atoms with Crippen LogP contribution in [-0.2, 0) is 0 Å². The van der Waals surface area contributed by atoms with Gasteiger partial charge in [-0.25, -0.2) is 4.79 Å². The van der Waals surface area contributed by atoms with E-state index in [1.807, 2.05) is 0 Å². The van der Waals surface area contributed by atoms with Crippen molar-refractivity contribution in [2.24, 2.45) is 5.73 Å². The molecule has 0 saturated heterocycles. The lowest BCUT2D eigenvalue weighted by Gasteiger charge is -2.11. The first-order valence-electron chi connectivity index (χ1n) is 4.59. The maximum absolute atomic E-state index is 11.2. The minimum Gasteiger partial charge on any atom is -0.508 e. The minimum absolute atomic E-state index is 0.0483. The smallest absolute Gasteiger partial charge is 0.412 e. The van der Waals surface area contributed by atoms with E-state index in [1.165, 1.54) is 12.1 Å². The van der Waals surface area contributed by atoms with Crippen LogP contribution in [0.2, 0.25) is 0 Å². The number of carbonyl (C=O) groups is 1. The molecule has 0 radical (unpaired) electrons. The van der Waals surface area contributed by atoms with E-state index in [4.69, 9.17) is 15.6 Å². The van der Waals surface area contributed by atoms with Gasteiger partial charge in [0.05, 0.1) is 0 Å². The van der Waals surface area contributed by atoms with E-state index in [2.05, 4.69) is 5.32 Å². The number of amides is 1. The van der Waals surface area contributed by atoms with Crippen LogP contribution >= 0.6 is 0 Å². The van der Waals surface area contributed by atoms with E-state index in [0.717, 1.165) is 0 Å². The number of nitrogens with one attached hydrogen (secondary N) is 1. The molecule has 1 atom stereocenters. The standard InChI is InChI=1S/C10H14N2O3/c1-7(6-11)12-10(14)15-9-4-2-3-8(13)5-9/h2-5,7,13H,6,11H2,1H3,(H,12,14). The third-order valence-corrected chi connectivity index (χ3v) is 1.75. The maximum atomic E-state index is 11.2. The highest BCUT2D eigenvalue weighted by molar-refractivity contribution is 5.70. The number of carbonyl (C=O) groups excluding carboxylic acids is 1. The summed E-state index contributed by atoms with van der Waals surface area (Å²) in [4.78, 5) is 11.2. The number of nitrogens with two attached hydrogens (primary N) is 1. The average molecular weight is 210 g/mol. The lowest BCUT2D eigenvalue weighted by Crippen LogP contribution is -2.39. The van der Waals surface area contributed by atoms with Crippen LogP contribution in [0.1, 0.15) is 6.92 Å². The number of phenolic OH excluding ortho intramolecular Hbond substituents is 1. The summed E-state index contributed by atoms with van der Waals surface area (Å²) < 4.78 is 4.90. The van der Waals surface area contributed by atoms with Gasteiger partial charge in [-0.05, 0) is 19.1 Å². The van der Waals surface area contributed by atoms with Gasteiger partial charge in [0.25, 0.3) is 0 Å². The van der Waals surface area contributed by atoms with Crippen molar-refractivity contribution in [2.75, 3.05) is 6.54 Å². The van der Waals surface area contributed by atoms with Crippen LogP contribution in [-0.4, -0.2) is 23.8 Å². The van der Waals surface area contributed by atoms with Crippen molar-refractivity contribution in [2.45, 2.75) is 13.0 Å². The zero-order chi connectivity index (χ0) is 11.3. The highest BCUT2D eigenvalue weighted by Gasteiger charge is 2.07. The monoisotopic (exact) mass is 210 g/mol. The number of ether oxygens (including phenoxy) is 1. The molecule has 0 aliphatic rings. The van der Waals surface area contributed by atoms with Crippen LogP contribution in [0.4, 0.5) is 4.79 Å². The van der Waals surface area contributed by atoms with Gasteiger partial charge in [-0.3, -0.25) is 0 Å². The van der Waals surface area contributed by atoms with Gasteiger partial charge in [0.2, 0.25) is 0 Å². The third kappa shape index (κ3) is 3.86. The van der Waals surface area contributed by atoms with Gasteiger partial charge in [-0.2, -0.15) is 0 Å². The fraction of sp³-hybridized carbons (Fsp3) is 0.300. The zero-order valence-electron chi connectivity index (χ0n) is 8.43. The maximum Gasteiger partial charge on any atom is 0.412 e. The Morgan fingerprint density at radius 3 is 3.00 bits per heavy atom. The van der Waals surface area contributed by atoms with Crippen LogP contribution in [0.15, 0.2) is 24.3 Å². The molecule has 82 valence electrons. The van der Waals surface area contributed by atoms with Gasteiger partial charge in [0, 0.05) is 18.7 Å². The van der Waals surface area contributed by atoms with E-state index < -0.39 is 6.09 Å². The average Bonchev–Trinajstić information content (AvgIpc) is 2.17. The number of aromatic hydroxyl groups is 1. The molecule has 0 aliphatic carbocycles. The number of phenols is 1. The van der Waals surface area contributed by atoms with Crippen molar-refractivity contribution < 1.29 is 14.6 Å². The second-order valence-corrected chi connectivity index (χ2v) is 3.17. The molecule has 0 aliphatic heterocycles. The van der Waals surface area contributed by atoms with E-state index in [9.17, 15) is 4.79 Å². The molecule has 0 aromatic heterocycles. The summed E-state index contributed by atoms with van der Waals surface area (Å²) in [5, 5.41) is 11.7. The molecule has 1 aromatic rings. The van der Waals surface area contributed by atoms with Crippen molar-refractivity contribution in [3.63, 3.8) is 0 Å². The summed E-state index contributed by atoms with van der Waals surface area (Å²) in [6, 6.07) is 5.87. The first kappa shape index (κ1) is 11.3. The molecular weight excluding hydrogens is 196 g/mol. The summed E-state index contributed by atoms with van der Waals surface area (Å²) in [6.45, 7) is 2.11. The van der Waals surface area contributed by atoms with Crippen LogP contribution in [0, 0.1) is 0 Å². The van der Waals surface area contributed by atoms with Crippen LogP contribution in [0.25, 0.3) is 0 Å². The summed E-state index contributed by atoms with van der Waals surface area (Å²) in [5.41, 5.74) is 5.33. The molecule has 0 saturated carbocycles. The minimum atomic E-state index is -0.585. The Kier molecular flexibility index (Phi) is 3.93. The Morgan fingerprint density at radius 2 is 2.40 bits per heavy atom. The molecule has 0 bridgehead atoms. The topological polar surface area (TPSA) is 84.6 Å². The number of rotatable bonds is 3. The fourth-order valence-corrected chi connectivity index (χ4v) is 0.944. The van der Waals surface area contributed by atoms with Crippen molar-refractivity contribution >= 4 is 6.09 Å². The van der Waals surface area contributed by atoms with Gasteiger partial charge in [-0.1, -0.05) is 6.07 Å². The van der Waals surface area contributed by atoms with Gasteiger partial charge in [0.15, 0.2) is 0 Å². The molecule has 0 heterocycles. The lowest BCUT2D eigenvalue weighted by atomic mass is 10.3. The number of benzene rings is 1. The molecule has 1 rings (SSSR count). The molecule has 4 N–H and O–H groups in total. The Bertz CT molecular complexity index is 341. The van der Waals surface area contributed by atoms with Crippen molar-refractivity contribution in [1.82, 2.24) is 5.32 Å². The van der Waals surface area contributed by atoms with Crippen LogP contribution in [0.3, 0.4) is 0 Å². The van der Waals surface area contributed by atoms with Gasteiger partial charge in [-0.15, -0.1) is 0 Å². The summed E-state index contributed by atoms with van der Waals surface area (Å²) in [7, 11) is 0. The SMILES string of the molecule is CC(CN)NC(=O)Oc1cccc(O)c1. The van der Waals surface area contributed by atoms with E-state index in [0.29, 0.717) is 6.54 Å². The van der Waals surface area contributed by atoms with E-state index >= 15 is 0 Å². The molecule has 0 fully saturated rings. The molecule has 1 amide bonds. The molecule has 1 aromatic carbocycles. The lowest BCUT2D eigenvalue weighted by molar-refractivity contribution is 0.197. The van der Waals surface area contributed by atoms with E-state index in [1.54, 1.807) is 19.1 Å². The molecular formula is C10H14N2O3. The zero-order valence-corrected chi connectivity index (χ0v) is 8.43. The summed E-state index contributed by atoms with van der Waals surface area (Å²) in [5.74, 6) is 0.337. The van der Waals surface area contributed by atoms with E-state index in [-0.39, 0.29) is 17.5 Å². The van der Waals surface area contributed by atoms with Gasteiger partial charge in [0.1, 0.15) is 11.5 Å². The number of hydrogen-bond donors (Lipinski definition) is 3. The third-order valence-electron chi connectivity index (χ3n) is 1.75. The predicted octanol–water partition coefficient (Wildman–Crippen LogP) is 0.828. The second kappa shape index (κ2) is 5.21. The molecule has 5 nitrogen and oxygen atoms in total. The normalized spacial score (nSPS) is 11.9. The quantitative estimate of drug-likeness (QED) is 0.689. The summed E-state index contributed by atoms with van der Waals surface area (Å²) in [6.07, 6.45) is -0.585. The predicted molar refractivity (Wildman–Crippen MR) is 55.8 cm³/mol. The Morgan fingerprint density at radius 1 is 1.67 bits per heavy atom. The molecule has 0 spiro atoms. The molecule has 5 heteroatoms. The number of hydrogen-bond acceptors (Lipinski definition) is 4.